The molecule has 2 rings (SSSR count). The lowest BCUT2D eigenvalue weighted by molar-refractivity contribution is 0.186. The van der Waals surface area contributed by atoms with Gasteiger partial charge in [0.25, 0.3) is 0 Å². The first-order valence-corrected chi connectivity index (χ1v) is 8.46. The van der Waals surface area contributed by atoms with E-state index < -0.39 is 0 Å². The van der Waals surface area contributed by atoms with Crippen LogP contribution in [-0.4, -0.2) is 19.0 Å². The normalized spacial score (nSPS) is 36.3. The Labute approximate surface area is 118 Å². The van der Waals surface area contributed by atoms with E-state index in [1.165, 1.54) is 64.2 Å². The summed E-state index contributed by atoms with van der Waals surface area (Å²) in [6, 6.07) is 0. The van der Waals surface area contributed by atoms with Crippen LogP contribution in [0.15, 0.2) is 0 Å². The summed E-state index contributed by atoms with van der Waals surface area (Å²) in [6.45, 7) is 0.951. The Morgan fingerprint density at radius 3 is 2.11 bits per heavy atom. The summed E-state index contributed by atoms with van der Waals surface area (Å²) in [4.78, 5) is 0. The van der Waals surface area contributed by atoms with E-state index >= 15 is 0 Å². The number of hydrogen-bond donors (Lipinski definition) is 1. The van der Waals surface area contributed by atoms with Crippen molar-refractivity contribution >= 4 is 12.6 Å². The van der Waals surface area contributed by atoms with Crippen molar-refractivity contribution < 1.29 is 4.74 Å². The van der Waals surface area contributed by atoms with Crippen LogP contribution in [0, 0.1) is 17.8 Å². The van der Waals surface area contributed by atoms with Crippen molar-refractivity contribution in [2.75, 3.05) is 13.7 Å². The van der Waals surface area contributed by atoms with Gasteiger partial charge in [-0.05, 0) is 56.3 Å². The summed E-state index contributed by atoms with van der Waals surface area (Å²) in [6.07, 6.45) is 14.3. The van der Waals surface area contributed by atoms with E-state index in [0.29, 0.717) is 5.25 Å². The number of rotatable bonds is 7. The standard InChI is InChI=1S/C16H30OS/c1-17-10-2-3-13-4-5-14(11-13)6-7-15-8-9-16(18)12-15/h13-16,18H,2-12H2,1H3. The van der Waals surface area contributed by atoms with Gasteiger partial charge < -0.3 is 4.74 Å². The molecule has 0 saturated heterocycles. The fourth-order valence-electron chi connectivity index (χ4n) is 4.00. The average molecular weight is 270 g/mol. The van der Waals surface area contributed by atoms with Crippen LogP contribution in [0.1, 0.15) is 64.2 Å². The quantitative estimate of drug-likeness (QED) is 0.521. The van der Waals surface area contributed by atoms with E-state index in [-0.39, 0.29) is 0 Å². The van der Waals surface area contributed by atoms with Crippen LogP contribution >= 0.6 is 12.6 Å². The maximum Gasteiger partial charge on any atom is 0.0462 e. The molecule has 0 aliphatic heterocycles. The fraction of sp³-hybridized carbons (Fsp3) is 1.00. The molecule has 0 aromatic heterocycles. The Hall–Kier alpha value is 0.310. The molecule has 2 aliphatic rings. The summed E-state index contributed by atoms with van der Waals surface area (Å²) in [5.41, 5.74) is 0. The van der Waals surface area contributed by atoms with E-state index in [4.69, 9.17) is 4.74 Å². The van der Waals surface area contributed by atoms with Gasteiger partial charge in [-0.3, -0.25) is 0 Å². The summed E-state index contributed by atoms with van der Waals surface area (Å²) in [7, 11) is 1.81. The van der Waals surface area contributed by atoms with Gasteiger partial charge in [-0.1, -0.05) is 25.7 Å². The van der Waals surface area contributed by atoms with Gasteiger partial charge in [-0.25, -0.2) is 0 Å². The Morgan fingerprint density at radius 1 is 0.889 bits per heavy atom. The second-order valence-corrected chi connectivity index (χ2v) is 7.32. The third-order valence-corrected chi connectivity index (χ3v) is 5.58. The molecule has 106 valence electrons. The molecule has 0 bridgehead atoms. The SMILES string of the molecule is COCCCC1CCC(CCC2CCC(S)C2)C1. The lowest BCUT2D eigenvalue weighted by atomic mass is 9.92. The van der Waals surface area contributed by atoms with Gasteiger partial charge in [-0.2, -0.15) is 12.6 Å². The minimum absolute atomic E-state index is 0.709. The topological polar surface area (TPSA) is 9.23 Å². The van der Waals surface area contributed by atoms with E-state index in [1.54, 1.807) is 0 Å². The highest BCUT2D eigenvalue weighted by atomic mass is 32.1. The molecule has 0 N–H and O–H groups in total. The second-order valence-electron chi connectivity index (χ2n) is 6.59. The predicted molar refractivity (Wildman–Crippen MR) is 81.3 cm³/mol. The van der Waals surface area contributed by atoms with Crippen LogP contribution in [0.4, 0.5) is 0 Å². The maximum atomic E-state index is 5.15. The van der Waals surface area contributed by atoms with Gasteiger partial charge in [0.15, 0.2) is 0 Å². The fourth-order valence-corrected chi connectivity index (χ4v) is 4.45. The lowest BCUT2D eigenvalue weighted by Crippen LogP contribution is -2.02. The monoisotopic (exact) mass is 270 g/mol. The molecule has 18 heavy (non-hydrogen) atoms. The molecule has 0 spiro atoms. The highest BCUT2D eigenvalue weighted by molar-refractivity contribution is 7.80. The number of ether oxygens (including phenoxy) is 1. The van der Waals surface area contributed by atoms with Crippen LogP contribution < -0.4 is 0 Å². The highest BCUT2D eigenvalue weighted by Crippen LogP contribution is 2.39. The van der Waals surface area contributed by atoms with Crippen LogP contribution in [0.3, 0.4) is 0 Å². The zero-order valence-corrected chi connectivity index (χ0v) is 12.8. The Balaban J connectivity index is 1.55. The predicted octanol–water partition coefficient (Wildman–Crippen LogP) is 4.71. The minimum atomic E-state index is 0.709. The average Bonchev–Trinajstić information content (AvgIpc) is 2.96. The first kappa shape index (κ1) is 14.7. The van der Waals surface area contributed by atoms with Gasteiger partial charge in [-0.15, -0.1) is 0 Å². The Bertz CT molecular complexity index is 231. The maximum absolute atomic E-state index is 5.15. The van der Waals surface area contributed by atoms with Gasteiger partial charge in [0.1, 0.15) is 0 Å². The van der Waals surface area contributed by atoms with Crippen molar-refractivity contribution in [2.24, 2.45) is 17.8 Å². The molecular formula is C16H30OS. The summed E-state index contributed by atoms with van der Waals surface area (Å²) >= 11 is 4.60. The molecule has 0 heterocycles. The van der Waals surface area contributed by atoms with Crippen LogP contribution in [-0.2, 0) is 4.74 Å². The summed E-state index contributed by atoms with van der Waals surface area (Å²) < 4.78 is 5.15. The second kappa shape index (κ2) is 7.79. The molecule has 2 heteroatoms. The molecule has 0 aromatic carbocycles. The highest BCUT2D eigenvalue weighted by Gasteiger charge is 2.27. The molecular weight excluding hydrogens is 240 g/mol. The van der Waals surface area contributed by atoms with Crippen molar-refractivity contribution in [3.63, 3.8) is 0 Å². The zero-order valence-electron chi connectivity index (χ0n) is 11.9. The molecule has 0 amide bonds. The van der Waals surface area contributed by atoms with Crippen LogP contribution in [0.5, 0.6) is 0 Å². The molecule has 2 fully saturated rings. The van der Waals surface area contributed by atoms with Crippen molar-refractivity contribution in [1.29, 1.82) is 0 Å². The smallest absolute Gasteiger partial charge is 0.0462 e. The molecule has 0 radical (unpaired) electrons. The first-order chi connectivity index (χ1) is 8.78. The Morgan fingerprint density at radius 2 is 1.50 bits per heavy atom. The van der Waals surface area contributed by atoms with Crippen LogP contribution in [0.25, 0.3) is 0 Å². The largest absolute Gasteiger partial charge is 0.385 e. The van der Waals surface area contributed by atoms with Crippen molar-refractivity contribution in [3.05, 3.63) is 0 Å². The van der Waals surface area contributed by atoms with Crippen molar-refractivity contribution in [2.45, 2.75) is 69.5 Å². The van der Waals surface area contributed by atoms with Crippen LogP contribution in [0.2, 0.25) is 0 Å². The number of hydrogen-bond acceptors (Lipinski definition) is 2. The number of thiol groups is 1. The third-order valence-electron chi connectivity index (χ3n) is 5.11. The molecule has 0 aromatic rings. The van der Waals surface area contributed by atoms with E-state index in [0.717, 1.165) is 24.4 Å². The zero-order chi connectivity index (χ0) is 12.8. The van der Waals surface area contributed by atoms with Gasteiger partial charge in [0.05, 0.1) is 0 Å². The molecule has 4 unspecified atom stereocenters. The van der Waals surface area contributed by atoms with Crippen molar-refractivity contribution in [3.8, 4) is 0 Å². The summed E-state index contributed by atoms with van der Waals surface area (Å²) in [5, 5.41) is 0.709. The van der Waals surface area contributed by atoms with E-state index in [2.05, 4.69) is 12.6 Å². The summed E-state index contributed by atoms with van der Waals surface area (Å²) in [5.74, 6) is 3.04. The molecule has 2 aliphatic carbocycles. The van der Waals surface area contributed by atoms with Gasteiger partial charge in [0.2, 0.25) is 0 Å². The molecule has 1 nitrogen and oxygen atoms in total. The van der Waals surface area contributed by atoms with Gasteiger partial charge in [0, 0.05) is 19.0 Å². The molecule has 2 saturated carbocycles. The van der Waals surface area contributed by atoms with E-state index in [9.17, 15) is 0 Å². The first-order valence-electron chi connectivity index (χ1n) is 7.95. The third kappa shape index (κ3) is 4.77. The minimum Gasteiger partial charge on any atom is -0.385 e. The number of methoxy groups -OCH3 is 1. The van der Waals surface area contributed by atoms with Crippen molar-refractivity contribution in [1.82, 2.24) is 0 Å². The van der Waals surface area contributed by atoms with E-state index in [1.807, 2.05) is 7.11 Å². The van der Waals surface area contributed by atoms with Gasteiger partial charge >= 0.3 is 0 Å². The lowest BCUT2D eigenvalue weighted by Gasteiger charge is -2.14. The molecule has 4 atom stereocenters. The Kier molecular flexibility index (Phi) is 6.37.